The second kappa shape index (κ2) is 10.3. The number of amides is 2. The van der Waals surface area contributed by atoms with E-state index in [1.54, 1.807) is 13.0 Å². The van der Waals surface area contributed by atoms with E-state index in [9.17, 15) is 9.59 Å². The van der Waals surface area contributed by atoms with Crippen molar-refractivity contribution in [2.45, 2.75) is 58.4 Å². The molecule has 142 valence electrons. The van der Waals surface area contributed by atoms with Gasteiger partial charge in [0.2, 0.25) is 5.91 Å². The standard InChI is InChI=1S/C19H26BrN3O3/c1-13-10-15(20)8-9-17(13)26-12-19(25)23-22-14(2)11-18(24)21-16-6-4-3-5-7-16/h8-10,16H,3-7,11-12H2,1-2H3,(H,21,24)(H,23,25)/b22-14+. The van der Waals surface area contributed by atoms with Gasteiger partial charge in [-0.2, -0.15) is 5.10 Å². The van der Waals surface area contributed by atoms with E-state index in [1.807, 2.05) is 19.1 Å². The average molecular weight is 424 g/mol. The molecular weight excluding hydrogens is 398 g/mol. The van der Waals surface area contributed by atoms with Crippen molar-refractivity contribution in [2.24, 2.45) is 5.10 Å². The highest BCUT2D eigenvalue weighted by Crippen LogP contribution is 2.22. The maximum Gasteiger partial charge on any atom is 0.277 e. The van der Waals surface area contributed by atoms with E-state index in [-0.39, 0.29) is 30.9 Å². The summed E-state index contributed by atoms with van der Waals surface area (Å²) in [5, 5.41) is 7.01. The van der Waals surface area contributed by atoms with Gasteiger partial charge in [0, 0.05) is 16.2 Å². The highest BCUT2D eigenvalue weighted by molar-refractivity contribution is 9.10. The van der Waals surface area contributed by atoms with Crippen LogP contribution in [0.2, 0.25) is 0 Å². The molecule has 1 aromatic rings. The lowest BCUT2D eigenvalue weighted by atomic mass is 9.95. The minimum absolute atomic E-state index is 0.0471. The Balaban J connectivity index is 1.71. The van der Waals surface area contributed by atoms with Crippen molar-refractivity contribution < 1.29 is 14.3 Å². The van der Waals surface area contributed by atoms with Gasteiger partial charge in [-0.3, -0.25) is 9.59 Å². The molecule has 0 atom stereocenters. The summed E-state index contributed by atoms with van der Waals surface area (Å²) in [7, 11) is 0. The first-order chi connectivity index (χ1) is 12.4. The van der Waals surface area contributed by atoms with Gasteiger partial charge in [0.05, 0.1) is 6.42 Å². The predicted molar refractivity (Wildman–Crippen MR) is 105 cm³/mol. The number of halogens is 1. The number of nitrogens with zero attached hydrogens (tertiary/aromatic N) is 1. The SMILES string of the molecule is C/C(CC(=O)NC1CCCCC1)=N\NC(=O)COc1ccc(Br)cc1C. The van der Waals surface area contributed by atoms with Crippen LogP contribution in [0.25, 0.3) is 0 Å². The monoisotopic (exact) mass is 423 g/mol. The third-order valence-electron chi connectivity index (χ3n) is 4.25. The van der Waals surface area contributed by atoms with E-state index >= 15 is 0 Å². The van der Waals surface area contributed by atoms with Gasteiger partial charge in [0.1, 0.15) is 5.75 Å². The summed E-state index contributed by atoms with van der Waals surface area (Å²) in [4.78, 5) is 23.9. The van der Waals surface area contributed by atoms with Crippen LogP contribution in [0.3, 0.4) is 0 Å². The molecule has 6 nitrogen and oxygen atoms in total. The topological polar surface area (TPSA) is 79.8 Å². The zero-order chi connectivity index (χ0) is 18.9. The summed E-state index contributed by atoms with van der Waals surface area (Å²) in [6.45, 7) is 3.50. The summed E-state index contributed by atoms with van der Waals surface area (Å²) in [6.07, 6.45) is 5.87. The van der Waals surface area contributed by atoms with Gasteiger partial charge in [0.25, 0.3) is 5.91 Å². The van der Waals surface area contributed by atoms with Gasteiger partial charge < -0.3 is 10.1 Å². The fourth-order valence-electron chi connectivity index (χ4n) is 2.91. The molecule has 0 radical (unpaired) electrons. The summed E-state index contributed by atoms with van der Waals surface area (Å²) in [6, 6.07) is 5.85. The molecule has 2 amide bonds. The van der Waals surface area contributed by atoms with Gasteiger partial charge >= 0.3 is 0 Å². The molecule has 0 unspecified atom stereocenters. The van der Waals surface area contributed by atoms with Crippen molar-refractivity contribution in [1.82, 2.24) is 10.7 Å². The lowest BCUT2D eigenvalue weighted by Gasteiger charge is -2.22. The van der Waals surface area contributed by atoms with Crippen LogP contribution in [0.5, 0.6) is 5.75 Å². The number of carbonyl (C=O) groups excluding carboxylic acids is 2. The van der Waals surface area contributed by atoms with Gasteiger partial charge in [-0.15, -0.1) is 0 Å². The molecule has 0 aromatic heterocycles. The van der Waals surface area contributed by atoms with E-state index in [4.69, 9.17) is 4.74 Å². The number of hydrazone groups is 1. The Morgan fingerprint density at radius 1 is 1.23 bits per heavy atom. The summed E-state index contributed by atoms with van der Waals surface area (Å²) >= 11 is 3.38. The number of hydrogen-bond donors (Lipinski definition) is 2. The number of rotatable bonds is 7. The first-order valence-electron chi connectivity index (χ1n) is 8.94. The van der Waals surface area contributed by atoms with Crippen molar-refractivity contribution in [3.63, 3.8) is 0 Å². The highest BCUT2D eigenvalue weighted by Gasteiger charge is 2.16. The lowest BCUT2D eigenvalue weighted by Crippen LogP contribution is -2.37. The van der Waals surface area contributed by atoms with Crippen molar-refractivity contribution in [1.29, 1.82) is 0 Å². The normalized spacial score (nSPS) is 15.4. The minimum atomic E-state index is -0.362. The van der Waals surface area contributed by atoms with Crippen molar-refractivity contribution in [2.75, 3.05) is 6.61 Å². The number of benzene rings is 1. The molecule has 1 fully saturated rings. The van der Waals surface area contributed by atoms with E-state index in [0.29, 0.717) is 11.5 Å². The average Bonchev–Trinajstić information content (AvgIpc) is 2.60. The Morgan fingerprint density at radius 2 is 1.96 bits per heavy atom. The molecule has 26 heavy (non-hydrogen) atoms. The molecule has 0 aliphatic heterocycles. The largest absolute Gasteiger partial charge is 0.483 e. The Morgan fingerprint density at radius 3 is 2.65 bits per heavy atom. The Kier molecular flexibility index (Phi) is 8.09. The molecule has 0 saturated heterocycles. The number of carbonyl (C=O) groups is 2. The minimum Gasteiger partial charge on any atom is -0.483 e. The first-order valence-corrected chi connectivity index (χ1v) is 9.73. The fourth-order valence-corrected chi connectivity index (χ4v) is 3.38. The molecule has 7 heteroatoms. The van der Waals surface area contributed by atoms with Crippen molar-refractivity contribution in [3.05, 3.63) is 28.2 Å². The van der Waals surface area contributed by atoms with Gasteiger partial charge in [-0.1, -0.05) is 35.2 Å². The lowest BCUT2D eigenvalue weighted by molar-refractivity contribution is -0.123. The fraction of sp³-hybridized carbons (Fsp3) is 0.526. The molecule has 1 saturated carbocycles. The van der Waals surface area contributed by atoms with E-state index in [2.05, 4.69) is 31.8 Å². The second-order valence-corrected chi connectivity index (χ2v) is 7.58. The number of ether oxygens (including phenoxy) is 1. The number of nitrogens with one attached hydrogen (secondary N) is 2. The highest BCUT2D eigenvalue weighted by atomic mass is 79.9. The number of aryl methyl sites for hydroxylation is 1. The molecule has 1 aromatic carbocycles. The molecule has 0 spiro atoms. The molecule has 2 rings (SSSR count). The smallest absolute Gasteiger partial charge is 0.277 e. The molecule has 2 N–H and O–H groups in total. The number of hydrogen-bond acceptors (Lipinski definition) is 4. The molecule has 0 bridgehead atoms. The van der Waals surface area contributed by atoms with Crippen LogP contribution in [0.15, 0.2) is 27.8 Å². The van der Waals surface area contributed by atoms with Crippen LogP contribution in [0.4, 0.5) is 0 Å². The Labute approximate surface area is 162 Å². The van der Waals surface area contributed by atoms with Gasteiger partial charge in [-0.05, 0) is 50.5 Å². The van der Waals surface area contributed by atoms with E-state index in [0.717, 1.165) is 22.9 Å². The van der Waals surface area contributed by atoms with Crippen LogP contribution < -0.4 is 15.5 Å². The van der Waals surface area contributed by atoms with E-state index < -0.39 is 0 Å². The molecular formula is C19H26BrN3O3. The predicted octanol–water partition coefficient (Wildman–Crippen LogP) is 3.47. The van der Waals surface area contributed by atoms with Crippen molar-refractivity contribution >= 4 is 33.5 Å². The second-order valence-electron chi connectivity index (χ2n) is 6.66. The molecule has 1 aliphatic rings. The van der Waals surface area contributed by atoms with Gasteiger partial charge in [-0.25, -0.2) is 5.43 Å². The Hall–Kier alpha value is -1.89. The van der Waals surface area contributed by atoms with Crippen LogP contribution in [0.1, 0.15) is 51.0 Å². The van der Waals surface area contributed by atoms with Crippen molar-refractivity contribution in [3.8, 4) is 5.75 Å². The third kappa shape index (κ3) is 7.15. The first kappa shape index (κ1) is 20.4. The molecule has 0 heterocycles. The quantitative estimate of drug-likeness (QED) is 0.520. The maximum atomic E-state index is 12.0. The van der Waals surface area contributed by atoms with Crippen LogP contribution in [0, 0.1) is 6.92 Å². The summed E-state index contributed by atoms with van der Waals surface area (Å²) in [5.41, 5.74) is 3.93. The van der Waals surface area contributed by atoms with Crippen LogP contribution in [-0.4, -0.2) is 30.2 Å². The third-order valence-corrected chi connectivity index (χ3v) is 4.75. The zero-order valence-corrected chi connectivity index (χ0v) is 16.9. The van der Waals surface area contributed by atoms with E-state index in [1.165, 1.54) is 19.3 Å². The van der Waals surface area contributed by atoms with Crippen LogP contribution in [-0.2, 0) is 9.59 Å². The Bertz CT molecular complexity index is 670. The maximum absolute atomic E-state index is 12.0. The summed E-state index contributed by atoms with van der Waals surface area (Å²) in [5.74, 6) is 0.240. The zero-order valence-electron chi connectivity index (χ0n) is 15.3. The molecule has 1 aliphatic carbocycles. The van der Waals surface area contributed by atoms with Crippen LogP contribution >= 0.6 is 15.9 Å². The van der Waals surface area contributed by atoms with Gasteiger partial charge in [0.15, 0.2) is 6.61 Å². The summed E-state index contributed by atoms with van der Waals surface area (Å²) < 4.78 is 6.44.